The molecule has 4 aromatic carbocycles. The van der Waals surface area contributed by atoms with Gasteiger partial charge in [-0.1, -0.05) is 24.3 Å². The molecule has 2 heterocycles. The summed E-state index contributed by atoms with van der Waals surface area (Å²) in [4.78, 5) is 7.44. The van der Waals surface area contributed by atoms with Crippen molar-refractivity contribution in [2.45, 2.75) is 63.9 Å². The first-order chi connectivity index (χ1) is 21.8. The predicted octanol–water partition coefficient (Wildman–Crippen LogP) is 8.86. The second-order valence-corrected chi connectivity index (χ2v) is 13.1. The summed E-state index contributed by atoms with van der Waals surface area (Å²) in [7, 11) is 0. The highest BCUT2D eigenvalue weighted by molar-refractivity contribution is 5.63. The zero-order valence-corrected chi connectivity index (χ0v) is 26.1. The van der Waals surface area contributed by atoms with E-state index in [-0.39, 0.29) is 17.9 Å². The van der Waals surface area contributed by atoms with Crippen LogP contribution in [0.25, 0.3) is 0 Å². The number of hydrogen-bond acceptors (Lipinski definition) is 4. The van der Waals surface area contributed by atoms with Crippen LogP contribution in [0.3, 0.4) is 0 Å². The number of halogens is 6. The molecule has 0 radical (unpaired) electrons. The van der Waals surface area contributed by atoms with Crippen molar-refractivity contribution in [3.8, 4) is 0 Å². The van der Waals surface area contributed by atoms with Crippen molar-refractivity contribution in [1.29, 1.82) is 0 Å². The highest BCUT2D eigenvalue weighted by Crippen LogP contribution is 2.45. The Hall–Kier alpha value is -4.34. The molecule has 46 heavy (non-hydrogen) atoms. The minimum Gasteiger partial charge on any atom is -0.347 e. The molecule has 2 saturated heterocycles. The van der Waals surface area contributed by atoms with Gasteiger partial charge in [-0.05, 0) is 89.1 Å². The molecule has 4 nitrogen and oxygen atoms in total. The fourth-order valence-electron chi connectivity index (χ4n) is 7.46. The van der Waals surface area contributed by atoms with Crippen molar-refractivity contribution in [3.63, 3.8) is 0 Å². The maximum absolute atomic E-state index is 15.5. The van der Waals surface area contributed by atoms with Crippen molar-refractivity contribution >= 4 is 22.7 Å². The summed E-state index contributed by atoms with van der Waals surface area (Å²) in [5.41, 5.74) is -0.477. The van der Waals surface area contributed by atoms with Crippen molar-refractivity contribution < 1.29 is 26.3 Å². The summed E-state index contributed by atoms with van der Waals surface area (Å²) in [5.74, 6) is -3.81. The van der Waals surface area contributed by atoms with Crippen LogP contribution < -0.4 is 19.6 Å². The van der Waals surface area contributed by atoms with Crippen LogP contribution in [0.5, 0.6) is 0 Å². The first kappa shape index (κ1) is 31.6. The maximum atomic E-state index is 15.5. The standard InChI is InChI=1S/C36H36F6N4/c1-23-43(31-15-13-24(37)19-28(31)41)22-36(4,45(23)33-16-14-25(38)20-29(33)42)18-17-34-44(30-11-7-5-9-26(30)39)21-35(2,3)46(34)32-12-8-6-10-27(32)40/h5-16,19-20,23,34H,17-18,21-22H2,1-4H3/t23-,34-,36?/m0/s1. The molecule has 0 aromatic heterocycles. The second kappa shape index (κ2) is 11.8. The summed E-state index contributed by atoms with van der Waals surface area (Å²) < 4.78 is 89.2. The first-order valence-corrected chi connectivity index (χ1v) is 15.3. The van der Waals surface area contributed by atoms with E-state index >= 15 is 17.6 Å². The van der Waals surface area contributed by atoms with Gasteiger partial charge in [-0.3, -0.25) is 0 Å². The van der Waals surface area contributed by atoms with Gasteiger partial charge in [-0.25, -0.2) is 26.3 Å². The molecule has 0 N–H and O–H groups in total. The minimum atomic E-state index is -0.881. The molecule has 2 fully saturated rings. The second-order valence-electron chi connectivity index (χ2n) is 13.1. The van der Waals surface area contributed by atoms with Gasteiger partial charge in [-0.2, -0.15) is 0 Å². The molecule has 0 aliphatic carbocycles. The number of nitrogens with zero attached hydrogens (tertiary/aromatic N) is 4. The molecule has 2 aliphatic heterocycles. The maximum Gasteiger partial charge on any atom is 0.149 e. The molecule has 2 aliphatic rings. The molecule has 4 aromatic rings. The van der Waals surface area contributed by atoms with Crippen LogP contribution in [0.1, 0.15) is 40.5 Å². The van der Waals surface area contributed by atoms with E-state index in [1.54, 1.807) is 53.1 Å². The molecule has 0 saturated carbocycles. The number of para-hydroxylation sites is 2. The highest BCUT2D eigenvalue weighted by atomic mass is 19.2. The van der Waals surface area contributed by atoms with E-state index in [2.05, 4.69) is 0 Å². The van der Waals surface area contributed by atoms with Gasteiger partial charge >= 0.3 is 0 Å². The van der Waals surface area contributed by atoms with Crippen LogP contribution in [-0.2, 0) is 0 Å². The average molecular weight is 639 g/mol. The Bertz CT molecular complexity index is 1750. The molecule has 0 bridgehead atoms. The van der Waals surface area contributed by atoms with Gasteiger partial charge in [0.15, 0.2) is 0 Å². The quantitative estimate of drug-likeness (QED) is 0.188. The highest BCUT2D eigenvalue weighted by Gasteiger charge is 2.51. The minimum absolute atomic E-state index is 0.130. The summed E-state index contributed by atoms with van der Waals surface area (Å²) in [6.07, 6.45) is -0.402. The van der Waals surface area contributed by atoms with E-state index < -0.39 is 58.3 Å². The lowest BCUT2D eigenvalue weighted by molar-refractivity contribution is 0.396. The first-order valence-electron chi connectivity index (χ1n) is 15.3. The number of rotatable bonds is 7. The Morgan fingerprint density at radius 3 is 1.65 bits per heavy atom. The van der Waals surface area contributed by atoms with Crippen LogP contribution in [0.15, 0.2) is 84.9 Å². The van der Waals surface area contributed by atoms with E-state index in [1.165, 1.54) is 36.4 Å². The van der Waals surface area contributed by atoms with Crippen LogP contribution in [0.2, 0.25) is 0 Å². The zero-order valence-electron chi connectivity index (χ0n) is 26.1. The molecule has 242 valence electrons. The van der Waals surface area contributed by atoms with Crippen LogP contribution in [-0.4, -0.2) is 36.5 Å². The summed E-state index contributed by atoms with van der Waals surface area (Å²) in [5, 5.41) is 0. The summed E-state index contributed by atoms with van der Waals surface area (Å²) >= 11 is 0. The monoisotopic (exact) mass is 638 g/mol. The molecule has 1 unspecified atom stereocenters. The molecule has 6 rings (SSSR count). The molecule has 0 spiro atoms. The van der Waals surface area contributed by atoms with Crippen molar-refractivity contribution in [2.75, 3.05) is 32.7 Å². The van der Waals surface area contributed by atoms with Gasteiger partial charge in [-0.15, -0.1) is 0 Å². The van der Waals surface area contributed by atoms with Crippen LogP contribution in [0, 0.1) is 34.9 Å². The Labute approximate surface area is 265 Å². The van der Waals surface area contributed by atoms with Gasteiger partial charge in [0.1, 0.15) is 41.1 Å². The fraction of sp³-hybridized carbons (Fsp3) is 0.333. The Morgan fingerprint density at radius 1 is 0.587 bits per heavy atom. The van der Waals surface area contributed by atoms with Crippen molar-refractivity contribution in [3.05, 3.63) is 120 Å². The lowest BCUT2D eigenvalue weighted by Crippen LogP contribution is -2.50. The van der Waals surface area contributed by atoms with Crippen LogP contribution >= 0.6 is 0 Å². The van der Waals surface area contributed by atoms with Gasteiger partial charge in [0, 0.05) is 25.2 Å². The third-order valence-corrected chi connectivity index (χ3v) is 9.39. The molecule has 10 heteroatoms. The largest absolute Gasteiger partial charge is 0.347 e. The number of hydrogen-bond donors (Lipinski definition) is 0. The van der Waals surface area contributed by atoms with E-state index in [0.717, 1.165) is 12.1 Å². The topological polar surface area (TPSA) is 13.0 Å². The lowest BCUT2D eigenvalue weighted by Gasteiger charge is -2.42. The van der Waals surface area contributed by atoms with Crippen LogP contribution in [0.4, 0.5) is 49.1 Å². The zero-order chi connectivity index (χ0) is 33.0. The van der Waals surface area contributed by atoms with E-state index in [4.69, 9.17) is 0 Å². The van der Waals surface area contributed by atoms with Crippen molar-refractivity contribution in [1.82, 2.24) is 0 Å². The van der Waals surface area contributed by atoms with Gasteiger partial charge in [0.25, 0.3) is 0 Å². The summed E-state index contributed by atoms with van der Waals surface area (Å²) in [6, 6.07) is 19.6. The predicted molar refractivity (Wildman–Crippen MR) is 170 cm³/mol. The molecular formula is C36H36F6N4. The third-order valence-electron chi connectivity index (χ3n) is 9.39. The third kappa shape index (κ3) is 5.52. The molecule has 0 amide bonds. The van der Waals surface area contributed by atoms with Crippen molar-refractivity contribution in [2.24, 2.45) is 0 Å². The smallest absolute Gasteiger partial charge is 0.149 e. The Morgan fingerprint density at radius 2 is 1.09 bits per heavy atom. The Kier molecular flexibility index (Phi) is 8.11. The van der Waals surface area contributed by atoms with Gasteiger partial charge < -0.3 is 19.6 Å². The normalized spacial score (nSPS) is 22.7. The van der Waals surface area contributed by atoms with E-state index in [1.807, 2.05) is 30.6 Å². The number of benzene rings is 4. The molecule has 3 atom stereocenters. The molecular weight excluding hydrogens is 602 g/mol. The number of anilines is 4. The Balaban J connectivity index is 1.43. The van der Waals surface area contributed by atoms with Gasteiger partial charge in [0.05, 0.1) is 40.0 Å². The van der Waals surface area contributed by atoms with E-state index in [0.29, 0.717) is 30.8 Å². The van der Waals surface area contributed by atoms with E-state index in [9.17, 15) is 8.78 Å². The average Bonchev–Trinajstić information content (AvgIpc) is 3.41. The SMILES string of the molecule is C[C@H]1N(c2ccc(F)cc2F)CC(C)(CC[C@H]2N(c3ccccc3F)CC(C)(C)N2c2ccccc2F)N1c1ccc(F)cc1F. The summed E-state index contributed by atoms with van der Waals surface area (Å²) in [6.45, 7) is 8.26. The fourth-order valence-corrected chi connectivity index (χ4v) is 7.46. The van der Waals surface area contributed by atoms with Gasteiger partial charge in [0.2, 0.25) is 0 Å². The lowest BCUT2D eigenvalue weighted by atomic mass is 9.92.